The molecule has 3 N–H and O–H groups in total. The second kappa shape index (κ2) is 7.90. The van der Waals surface area contributed by atoms with Gasteiger partial charge in [0.05, 0.1) is 0 Å². The van der Waals surface area contributed by atoms with Gasteiger partial charge in [-0.3, -0.25) is 9.59 Å². The summed E-state index contributed by atoms with van der Waals surface area (Å²) in [6.45, 7) is 2.22. The quantitative estimate of drug-likeness (QED) is 0.708. The molecule has 1 heterocycles. The van der Waals surface area contributed by atoms with Crippen LogP contribution < -0.4 is 15.5 Å². The number of urea groups is 1. The number of nitrogens with one attached hydrogen (secondary N) is 2. The molecule has 0 saturated heterocycles. The molecule has 0 aliphatic carbocycles. The molecule has 7 nitrogen and oxygen atoms in total. The van der Waals surface area contributed by atoms with Crippen molar-refractivity contribution in [3.8, 4) is 0 Å². The average Bonchev–Trinajstić information content (AvgIpc) is 3.09. The number of carboxylic acids is 1. The van der Waals surface area contributed by atoms with Crippen molar-refractivity contribution in [2.45, 2.75) is 19.9 Å². The molecule has 0 radical (unpaired) electrons. The number of aliphatic carboxylic acids is 1. The molecular weight excluding hydrogens is 346 g/mol. The Morgan fingerprint density at radius 3 is 2.59 bits per heavy atom. The lowest BCUT2D eigenvalue weighted by Gasteiger charge is -2.20. The van der Waals surface area contributed by atoms with Gasteiger partial charge in [-0.1, -0.05) is 36.4 Å². The largest absolute Gasteiger partial charge is 0.481 e. The van der Waals surface area contributed by atoms with Crippen LogP contribution in [0.2, 0.25) is 0 Å². The summed E-state index contributed by atoms with van der Waals surface area (Å²) in [6.07, 6.45) is 0.661. The number of carbonyl (C=O) groups is 3. The van der Waals surface area contributed by atoms with E-state index in [1.165, 1.54) is 11.8 Å². The first-order valence-electron chi connectivity index (χ1n) is 8.71. The summed E-state index contributed by atoms with van der Waals surface area (Å²) in [5.41, 5.74) is 3.13. The number of nitrogens with zero attached hydrogens (tertiary/aromatic N) is 1. The molecule has 1 atom stereocenters. The van der Waals surface area contributed by atoms with Crippen molar-refractivity contribution < 1.29 is 19.5 Å². The first kappa shape index (κ1) is 18.4. The van der Waals surface area contributed by atoms with E-state index in [9.17, 15) is 14.4 Å². The molecule has 2 aromatic carbocycles. The highest BCUT2D eigenvalue weighted by Crippen LogP contribution is 2.32. The zero-order valence-corrected chi connectivity index (χ0v) is 14.9. The maximum atomic E-state index is 12.4. The highest BCUT2D eigenvalue weighted by Gasteiger charge is 2.31. The third-order valence-electron chi connectivity index (χ3n) is 4.54. The van der Waals surface area contributed by atoms with Crippen LogP contribution in [0.4, 0.5) is 16.2 Å². The summed E-state index contributed by atoms with van der Waals surface area (Å²) in [6, 6.07) is 14.5. The van der Waals surface area contributed by atoms with E-state index >= 15 is 0 Å². The highest BCUT2D eigenvalue weighted by atomic mass is 16.4. The van der Waals surface area contributed by atoms with Crippen LogP contribution >= 0.6 is 0 Å². The fourth-order valence-electron chi connectivity index (χ4n) is 2.98. The van der Waals surface area contributed by atoms with Gasteiger partial charge < -0.3 is 20.6 Å². The summed E-state index contributed by atoms with van der Waals surface area (Å²) in [5, 5.41) is 14.6. The van der Waals surface area contributed by atoms with Gasteiger partial charge in [-0.2, -0.15) is 0 Å². The third kappa shape index (κ3) is 4.25. The van der Waals surface area contributed by atoms with E-state index in [0.717, 1.165) is 11.1 Å². The Kier molecular flexibility index (Phi) is 5.40. The van der Waals surface area contributed by atoms with Gasteiger partial charge in [0.15, 0.2) is 0 Å². The van der Waals surface area contributed by atoms with Gasteiger partial charge in [-0.05, 0) is 36.6 Å². The van der Waals surface area contributed by atoms with Crippen molar-refractivity contribution in [2.24, 2.45) is 5.92 Å². The number of hydrogen-bond donors (Lipinski definition) is 3. The molecule has 2 aromatic rings. The van der Waals surface area contributed by atoms with Crippen LogP contribution in [-0.4, -0.2) is 29.6 Å². The van der Waals surface area contributed by atoms with Crippen molar-refractivity contribution >= 4 is 29.3 Å². The van der Waals surface area contributed by atoms with E-state index in [1.54, 1.807) is 12.1 Å². The van der Waals surface area contributed by atoms with E-state index < -0.39 is 17.8 Å². The minimum atomic E-state index is -1.15. The standard InChI is InChI=1S/C20H21N3O4/c1-13(19(25)26)18(24)23-10-9-15-7-8-16(11-17(15)23)22-20(27)21-12-14-5-3-2-4-6-14/h2-8,11,13H,9-10,12H2,1H3,(H,25,26)(H2,21,22,27). The molecule has 3 rings (SSSR count). The van der Waals surface area contributed by atoms with Gasteiger partial charge in [0.25, 0.3) is 0 Å². The zero-order valence-electron chi connectivity index (χ0n) is 14.9. The van der Waals surface area contributed by atoms with Gasteiger partial charge >= 0.3 is 12.0 Å². The number of amides is 3. The fourth-order valence-corrected chi connectivity index (χ4v) is 2.98. The van der Waals surface area contributed by atoms with Gasteiger partial charge in [0.2, 0.25) is 5.91 Å². The van der Waals surface area contributed by atoms with Crippen LogP contribution in [0.1, 0.15) is 18.1 Å². The molecule has 0 aromatic heterocycles. The minimum absolute atomic E-state index is 0.353. The Bertz CT molecular complexity index is 867. The Balaban J connectivity index is 1.66. The molecule has 0 spiro atoms. The van der Waals surface area contributed by atoms with Gasteiger partial charge in [-0.15, -0.1) is 0 Å². The zero-order chi connectivity index (χ0) is 19.4. The highest BCUT2D eigenvalue weighted by molar-refractivity contribution is 6.06. The third-order valence-corrected chi connectivity index (χ3v) is 4.54. The normalized spacial score (nSPS) is 13.6. The molecule has 0 bridgehead atoms. The summed E-state index contributed by atoms with van der Waals surface area (Å²) in [7, 11) is 0. The fraction of sp³-hybridized carbons (Fsp3) is 0.250. The van der Waals surface area contributed by atoms with E-state index in [1.807, 2.05) is 36.4 Å². The number of fused-ring (bicyclic) bond motifs is 1. The second-order valence-electron chi connectivity index (χ2n) is 6.44. The van der Waals surface area contributed by atoms with Gasteiger partial charge in [0.1, 0.15) is 5.92 Å². The monoisotopic (exact) mass is 367 g/mol. The molecule has 27 heavy (non-hydrogen) atoms. The van der Waals surface area contributed by atoms with Crippen LogP contribution in [-0.2, 0) is 22.6 Å². The molecule has 0 saturated carbocycles. The maximum absolute atomic E-state index is 12.4. The van der Waals surface area contributed by atoms with Crippen LogP contribution in [0.5, 0.6) is 0 Å². The summed E-state index contributed by atoms with van der Waals surface area (Å²) in [5.74, 6) is -2.71. The van der Waals surface area contributed by atoms with Gasteiger partial charge in [0, 0.05) is 24.5 Å². The molecule has 1 unspecified atom stereocenters. The van der Waals surface area contributed by atoms with Crippen molar-refractivity contribution in [1.29, 1.82) is 0 Å². The molecule has 140 valence electrons. The van der Waals surface area contributed by atoms with Crippen molar-refractivity contribution in [1.82, 2.24) is 5.32 Å². The first-order chi connectivity index (χ1) is 13.0. The Morgan fingerprint density at radius 2 is 1.89 bits per heavy atom. The number of rotatable bonds is 5. The number of anilines is 2. The number of hydrogen-bond acceptors (Lipinski definition) is 3. The topological polar surface area (TPSA) is 98.7 Å². The van der Waals surface area contributed by atoms with Crippen LogP contribution in [0.25, 0.3) is 0 Å². The predicted molar refractivity (Wildman–Crippen MR) is 102 cm³/mol. The lowest BCUT2D eigenvalue weighted by Crippen LogP contribution is -2.37. The SMILES string of the molecule is CC(C(=O)O)C(=O)N1CCc2ccc(NC(=O)NCc3ccccc3)cc21. The van der Waals surface area contributed by atoms with Gasteiger partial charge in [-0.25, -0.2) is 4.79 Å². The van der Waals surface area contributed by atoms with Crippen LogP contribution in [0.15, 0.2) is 48.5 Å². The van der Waals surface area contributed by atoms with E-state index in [-0.39, 0.29) is 6.03 Å². The number of carbonyl (C=O) groups excluding carboxylic acids is 2. The molecule has 1 aliphatic rings. The van der Waals surface area contributed by atoms with Crippen molar-refractivity contribution in [3.63, 3.8) is 0 Å². The lowest BCUT2D eigenvalue weighted by atomic mass is 10.1. The first-order valence-corrected chi connectivity index (χ1v) is 8.71. The van der Waals surface area contributed by atoms with Crippen LogP contribution in [0.3, 0.4) is 0 Å². The summed E-state index contributed by atoms with van der Waals surface area (Å²) in [4.78, 5) is 37.1. The molecular formula is C20H21N3O4. The van der Waals surface area contributed by atoms with E-state index in [4.69, 9.17) is 5.11 Å². The Labute approximate surface area is 157 Å². The number of benzene rings is 2. The number of carboxylic acid groups (broad SMARTS) is 1. The lowest BCUT2D eigenvalue weighted by molar-refractivity contribution is -0.145. The van der Waals surface area contributed by atoms with E-state index in [0.29, 0.717) is 30.9 Å². The Hall–Kier alpha value is -3.35. The van der Waals surface area contributed by atoms with Crippen molar-refractivity contribution in [2.75, 3.05) is 16.8 Å². The second-order valence-corrected chi connectivity index (χ2v) is 6.44. The van der Waals surface area contributed by atoms with Crippen LogP contribution in [0, 0.1) is 5.92 Å². The summed E-state index contributed by atoms with van der Waals surface area (Å²) >= 11 is 0. The maximum Gasteiger partial charge on any atom is 0.319 e. The molecule has 0 fully saturated rings. The average molecular weight is 367 g/mol. The van der Waals surface area contributed by atoms with E-state index in [2.05, 4.69) is 10.6 Å². The summed E-state index contributed by atoms with van der Waals surface area (Å²) < 4.78 is 0. The Morgan fingerprint density at radius 1 is 1.15 bits per heavy atom. The minimum Gasteiger partial charge on any atom is -0.481 e. The van der Waals surface area contributed by atoms with Crippen molar-refractivity contribution in [3.05, 3.63) is 59.7 Å². The molecule has 7 heteroatoms. The predicted octanol–water partition coefficient (Wildman–Crippen LogP) is 2.62. The molecule has 3 amide bonds. The molecule has 1 aliphatic heterocycles. The smallest absolute Gasteiger partial charge is 0.319 e.